The van der Waals surface area contributed by atoms with Crippen LogP contribution < -0.4 is 4.74 Å². The van der Waals surface area contributed by atoms with E-state index in [0.29, 0.717) is 29.0 Å². The van der Waals surface area contributed by atoms with Gasteiger partial charge < -0.3 is 13.7 Å². The van der Waals surface area contributed by atoms with Crippen LogP contribution in [0.25, 0.3) is 27.5 Å². The van der Waals surface area contributed by atoms with Crippen molar-refractivity contribution in [2.24, 2.45) is 0 Å². The maximum absolute atomic E-state index is 13.4. The Bertz CT molecular complexity index is 1740. The van der Waals surface area contributed by atoms with Gasteiger partial charge in [-0.1, -0.05) is 18.2 Å². The number of furan rings is 1. The summed E-state index contributed by atoms with van der Waals surface area (Å²) in [7, 11) is 0. The van der Waals surface area contributed by atoms with Crippen molar-refractivity contribution in [1.82, 2.24) is 4.57 Å². The molecule has 0 aliphatic heterocycles. The zero-order valence-electron chi connectivity index (χ0n) is 20.2. The quantitative estimate of drug-likeness (QED) is 0.221. The normalized spacial score (nSPS) is 11.2. The second-order valence-corrected chi connectivity index (χ2v) is 8.91. The molecule has 0 unspecified atom stereocenters. The molecular formula is C32H23NO4. The number of Topliss-reactive ketones (excluding diaryl/α,β-unsaturated/α-hetero) is 1. The van der Waals surface area contributed by atoms with Gasteiger partial charge in [0, 0.05) is 33.2 Å². The zero-order valence-corrected chi connectivity index (χ0v) is 20.2. The van der Waals surface area contributed by atoms with Gasteiger partial charge in [-0.05, 0) is 91.9 Å². The predicted molar refractivity (Wildman–Crippen MR) is 144 cm³/mol. The average molecular weight is 486 g/mol. The molecule has 0 fully saturated rings. The van der Waals surface area contributed by atoms with Gasteiger partial charge in [-0.25, -0.2) is 0 Å². The second kappa shape index (κ2) is 9.28. The number of ether oxygens (including phenoxy) is 1. The molecule has 6 aromatic rings. The van der Waals surface area contributed by atoms with E-state index in [1.165, 1.54) is 0 Å². The summed E-state index contributed by atoms with van der Waals surface area (Å²) >= 11 is 0. The van der Waals surface area contributed by atoms with E-state index in [4.69, 9.17) is 9.15 Å². The van der Waals surface area contributed by atoms with Crippen LogP contribution >= 0.6 is 0 Å². The third-order valence-electron chi connectivity index (χ3n) is 6.54. The van der Waals surface area contributed by atoms with E-state index in [0.717, 1.165) is 33.3 Å². The Balaban J connectivity index is 1.34. The van der Waals surface area contributed by atoms with Gasteiger partial charge in [-0.3, -0.25) is 9.59 Å². The van der Waals surface area contributed by atoms with Gasteiger partial charge in [0.1, 0.15) is 18.1 Å². The Hall–Kier alpha value is -4.90. The standard InChI is InChI=1S/C32H23NO4/c1-21(34)22-8-13-25(14-9-22)33-30-7-3-2-6-28(30)29-19-24(12-17-31(29)33)32(35)23-10-15-26(16-11-23)37-20-27-5-4-18-36-27/h2-19H,20H2,1H3. The van der Waals surface area contributed by atoms with Crippen molar-refractivity contribution in [2.45, 2.75) is 13.5 Å². The molecule has 0 saturated carbocycles. The molecule has 5 nitrogen and oxygen atoms in total. The number of aromatic nitrogens is 1. The molecule has 2 heterocycles. The lowest BCUT2D eigenvalue weighted by Gasteiger charge is -2.09. The third kappa shape index (κ3) is 4.21. The van der Waals surface area contributed by atoms with Crippen LogP contribution in [0.3, 0.4) is 0 Å². The fourth-order valence-corrected chi connectivity index (χ4v) is 4.66. The van der Waals surface area contributed by atoms with Crippen molar-refractivity contribution in [2.75, 3.05) is 0 Å². The summed E-state index contributed by atoms with van der Waals surface area (Å²) in [5, 5.41) is 2.06. The summed E-state index contributed by atoms with van der Waals surface area (Å²) in [4.78, 5) is 25.1. The lowest BCUT2D eigenvalue weighted by atomic mass is 10.0. The number of benzene rings is 4. The molecule has 6 rings (SSSR count). The Kier molecular flexibility index (Phi) is 5.66. The molecule has 37 heavy (non-hydrogen) atoms. The molecule has 0 amide bonds. The average Bonchev–Trinajstić information content (AvgIpc) is 3.58. The van der Waals surface area contributed by atoms with E-state index >= 15 is 0 Å². The fourth-order valence-electron chi connectivity index (χ4n) is 4.66. The first-order valence-corrected chi connectivity index (χ1v) is 12.0. The van der Waals surface area contributed by atoms with Crippen molar-refractivity contribution >= 4 is 33.4 Å². The summed E-state index contributed by atoms with van der Waals surface area (Å²) in [6, 6.07) is 32.4. The molecule has 0 spiro atoms. The number of ketones is 2. The van der Waals surface area contributed by atoms with Crippen molar-refractivity contribution in [3.05, 3.63) is 132 Å². The third-order valence-corrected chi connectivity index (χ3v) is 6.54. The van der Waals surface area contributed by atoms with E-state index in [1.54, 1.807) is 37.5 Å². The number of rotatable bonds is 7. The molecule has 4 aromatic carbocycles. The molecule has 180 valence electrons. The summed E-state index contributed by atoms with van der Waals surface area (Å²) in [5.41, 5.74) is 4.88. The van der Waals surface area contributed by atoms with Gasteiger partial charge in [-0.15, -0.1) is 0 Å². The van der Waals surface area contributed by atoms with Gasteiger partial charge in [0.05, 0.1) is 17.3 Å². The number of para-hydroxylation sites is 1. The fraction of sp³-hybridized carbons (Fsp3) is 0.0625. The maximum Gasteiger partial charge on any atom is 0.193 e. The van der Waals surface area contributed by atoms with E-state index < -0.39 is 0 Å². The van der Waals surface area contributed by atoms with Crippen LogP contribution in [0.5, 0.6) is 5.75 Å². The first kappa shape index (κ1) is 22.6. The van der Waals surface area contributed by atoms with E-state index in [1.807, 2.05) is 66.7 Å². The minimum Gasteiger partial charge on any atom is -0.486 e. The largest absolute Gasteiger partial charge is 0.486 e. The SMILES string of the molecule is CC(=O)c1ccc(-n2c3ccccc3c3cc(C(=O)c4ccc(OCc5ccco5)cc4)ccc32)cc1. The van der Waals surface area contributed by atoms with Gasteiger partial charge in [0.25, 0.3) is 0 Å². The zero-order chi connectivity index (χ0) is 25.4. The minimum absolute atomic E-state index is 0.0362. The summed E-state index contributed by atoms with van der Waals surface area (Å²) in [6.45, 7) is 1.90. The first-order valence-electron chi connectivity index (χ1n) is 12.0. The Morgan fingerprint density at radius 1 is 0.730 bits per heavy atom. The monoisotopic (exact) mass is 485 g/mol. The van der Waals surface area contributed by atoms with Gasteiger partial charge in [0.15, 0.2) is 11.6 Å². The summed E-state index contributed by atoms with van der Waals surface area (Å²) in [5.74, 6) is 1.39. The molecule has 0 aliphatic carbocycles. The molecule has 0 atom stereocenters. The Morgan fingerprint density at radius 2 is 1.43 bits per heavy atom. The highest BCUT2D eigenvalue weighted by atomic mass is 16.5. The van der Waals surface area contributed by atoms with Crippen molar-refractivity contribution < 1.29 is 18.7 Å². The van der Waals surface area contributed by atoms with Crippen molar-refractivity contribution in [3.8, 4) is 11.4 Å². The van der Waals surface area contributed by atoms with Crippen LogP contribution in [-0.2, 0) is 6.61 Å². The summed E-state index contributed by atoms with van der Waals surface area (Å²) < 4.78 is 13.2. The lowest BCUT2D eigenvalue weighted by Crippen LogP contribution is -2.02. The van der Waals surface area contributed by atoms with Crippen molar-refractivity contribution in [3.63, 3.8) is 0 Å². The molecule has 0 bridgehead atoms. The van der Waals surface area contributed by atoms with E-state index in [2.05, 4.69) is 16.7 Å². The molecule has 0 radical (unpaired) electrons. The van der Waals surface area contributed by atoms with Crippen LogP contribution in [-0.4, -0.2) is 16.1 Å². The van der Waals surface area contributed by atoms with Crippen molar-refractivity contribution in [1.29, 1.82) is 0 Å². The topological polar surface area (TPSA) is 61.4 Å². The van der Waals surface area contributed by atoms with Crippen LogP contribution in [0.15, 0.2) is 114 Å². The highest BCUT2D eigenvalue weighted by Gasteiger charge is 2.16. The second-order valence-electron chi connectivity index (χ2n) is 8.91. The molecule has 0 saturated heterocycles. The van der Waals surface area contributed by atoms with Crippen LogP contribution in [0, 0.1) is 0 Å². The highest BCUT2D eigenvalue weighted by molar-refractivity contribution is 6.15. The smallest absolute Gasteiger partial charge is 0.193 e. The van der Waals surface area contributed by atoms with Crippen LogP contribution in [0.1, 0.15) is 39.0 Å². The molecule has 0 N–H and O–H groups in total. The Labute approximate surface area is 213 Å². The number of hydrogen-bond donors (Lipinski definition) is 0. The predicted octanol–water partition coefficient (Wildman–Crippen LogP) is 7.39. The van der Waals surface area contributed by atoms with E-state index in [-0.39, 0.29) is 11.6 Å². The van der Waals surface area contributed by atoms with Gasteiger partial charge >= 0.3 is 0 Å². The molecular weight excluding hydrogens is 462 g/mol. The number of hydrogen-bond acceptors (Lipinski definition) is 4. The Morgan fingerprint density at radius 3 is 2.16 bits per heavy atom. The van der Waals surface area contributed by atoms with Gasteiger partial charge in [-0.2, -0.15) is 0 Å². The molecule has 5 heteroatoms. The summed E-state index contributed by atoms with van der Waals surface area (Å²) in [6.07, 6.45) is 1.61. The number of carbonyl (C=O) groups excluding carboxylic acids is 2. The number of carbonyl (C=O) groups is 2. The minimum atomic E-state index is -0.0536. The first-order chi connectivity index (χ1) is 18.1. The maximum atomic E-state index is 13.4. The van der Waals surface area contributed by atoms with E-state index in [9.17, 15) is 9.59 Å². The molecule has 0 aliphatic rings. The van der Waals surface area contributed by atoms with Crippen LogP contribution in [0.4, 0.5) is 0 Å². The number of nitrogens with zero attached hydrogens (tertiary/aromatic N) is 1. The lowest BCUT2D eigenvalue weighted by molar-refractivity contribution is 0.101. The van der Waals surface area contributed by atoms with Crippen LogP contribution in [0.2, 0.25) is 0 Å². The highest BCUT2D eigenvalue weighted by Crippen LogP contribution is 2.33. The van der Waals surface area contributed by atoms with Gasteiger partial charge in [0.2, 0.25) is 0 Å². The number of fused-ring (bicyclic) bond motifs is 3. The molecule has 2 aromatic heterocycles.